The molecular weight excluding hydrogens is 414 g/mol. The molecule has 0 aromatic heterocycles. The van der Waals surface area contributed by atoms with Gasteiger partial charge in [-0.2, -0.15) is 0 Å². The molecule has 164 valence electrons. The zero-order valence-electron chi connectivity index (χ0n) is 17.2. The molecule has 0 spiro atoms. The van der Waals surface area contributed by atoms with E-state index in [1.54, 1.807) is 41.3 Å². The van der Waals surface area contributed by atoms with Crippen LogP contribution in [-0.4, -0.2) is 55.0 Å². The fourth-order valence-corrected chi connectivity index (χ4v) is 4.22. The summed E-state index contributed by atoms with van der Waals surface area (Å²) in [5.41, 5.74) is 1.47. The molecule has 0 aliphatic carbocycles. The van der Waals surface area contributed by atoms with Gasteiger partial charge in [-0.3, -0.25) is 24.1 Å². The van der Waals surface area contributed by atoms with E-state index < -0.39 is 0 Å². The average molecular weight is 435 g/mol. The Bertz CT molecular complexity index is 1100. The number of nitrogens with zero attached hydrogens (tertiary/aromatic N) is 2. The second-order valence-corrected chi connectivity index (χ2v) is 7.97. The zero-order chi connectivity index (χ0) is 22.2. The van der Waals surface area contributed by atoms with Gasteiger partial charge in [-0.05, 0) is 24.3 Å². The molecule has 0 bridgehead atoms. The Morgan fingerprint density at radius 2 is 1.72 bits per heavy atom. The predicted octanol–water partition coefficient (Wildman–Crippen LogP) is 1.57. The van der Waals surface area contributed by atoms with Gasteiger partial charge in [0.05, 0.1) is 11.1 Å². The molecule has 32 heavy (non-hydrogen) atoms. The molecule has 2 aromatic carbocycles. The van der Waals surface area contributed by atoms with Crippen molar-refractivity contribution >= 4 is 29.3 Å². The minimum Gasteiger partial charge on any atom is -0.454 e. The largest absolute Gasteiger partial charge is 0.454 e. The van der Waals surface area contributed by atoms with Crippen molar-refractivity contribution in [1.29, 1.82) is 0 Å². The van der Waals surface area contributed by atoms with Crippen LogP contribution in [-0.2, 0) is 9.59 Å². The van der Waals surface area contributed by atoms with Crippen molar-refractivity contribution in [3.63, 3.8) is 0 Å². The molecule has 3 aliphatic rings. The highest BCUT2D eigenvalue weighted by atomic mass is 16.7. The number of carbonyl (C=O) groups excluding carboxylic acids is 4. The van der Waals surface area contributed by atoms with Crippen LogP contribution in [0.2, 0.25) is 0 Å². The lowest BCUT2D eigenvalue weighted by atomic mass is 10.1. The molecule has 1 unspecified atom stereocenters. The molecule has 0 radical (unpaired) electrons. The first-order chi connectivity index (χ1) is 15.5. The third-order valence-corrected chi connectivity index (χ3v) is 5.90. The number of amides is 4. The Labute approximate surface area is 183 Å². The van der Waals surface area contributed by atoms with Gasteiger partial charge in [0.25, 0.3) is 11.8 Å². The Morgan fingerprint density at radius 1 is 1.00 bits per heavy atom. The number of nitrogens with one attached hydrogen (secondary N) is 1. The van der Waals surface area contributed by atoms with Crippen molar-refractivity contribution in [3.8, 4) is 11.5 Å². The van der Waals surface area contributed by atoms with E-state index in [-0.39, 0.29) is 49.3 Å². The number of anilines is 1. The quantitative estimate of drug-likeness (QED) is 0.691. The summed E-state index contributed by atoms with van der Waals surface area (Å²) in [6.07, 6.45) is 0.338. The lowest BCUT2D eigenvalue weighted by molar-refractivity contribution is -0.121. The molecule has 3 aliphatic heterocycles. The fourth-order valence-electron chi connectivity index (χ4n) is 4.22. The number of hydrogen-bond donors (Lipinski definition) is 1. The van der Waals surface area contributed by atoms with Crippen molar-refractivity contribution in [1.82, 2.24) is 10.2 Å². The number of rotatable bonds is 6. The second kappa shape index (κ2) is 7.99. The summed E-state index contributed by atoms with van der Waals surface area (Å²) in [5, 5.41) is 2.82. The maximum Gasteiger partial charge on any atom is 0.261 e. The number of carbonyl (C=O) groups is 4. The van der Waals surface area contributed by atoms with E-state index >= 15 is 0 Å². The third kappa shape index (κ3) is 3.55. The molecule has 1 saturated heterocycles. The van der Waals surface area contributed by atoms with E-state index in [9.17, 15) is 19.2 Å². The molecule has 5 rings (SSSR count). The van der Waals surface area contributed by atoms with Gasteiger partial charge in [0.1, 0.15) is 0 Å². The maximum atomic E-state index is 12.5. The van der Waals surface area contributed by atoms with Gasteiger partial charge < -0.3 is 19.7 Å². The third-order valence-electron chi connectivity index (χ3n) is 5.90. The van der Waals surface area contributed by atoms with Gasteiger partial charge in [-0.25, -0.2) is 0 Å². The highest BCUT2D eigenvalue weighted by molar-refractivity contribution is 6.21. The first kappa shape index (κ1) is 20.0. The normalized spacial score (nSPS) is 19.0. The topological polar surface area (TPSA) is 105 Å². The summed E-state index contributed by atoms with van der Waals surface area (Å²) in [5.74, 6) is 0.196. The first-order valence-electron chi connectivity index (χ1n) is 10.4. The molecule has 4 amide bonds. The SMILES string of the molecule is O=C(CCN1C(=O)c2ccccc2C1=O)NCC1CC(=O)N(c2ccc3c(c2)OCO3)C1. The summed E-state index contributed by atoms with van der Waals surface area (Å²) in [6.45, 7) is 1.01. The second-order valence-electron chi connectivity index (χ2n) is 7.97. The van der Waals surface area contributed by atoms with E-state index in [2.05, 4.69) is 5.32 Å². The Hall–Kier alpha value is -3.88. The summed E-state index contributed by atoms with van der Waals surface area (Å²) in [6, 6.07) is 12.0. The Kier molecular flexibility index (Phi) is 5.01. The van der Waals surface area contributed by atoms with Gasteiger partial charge in [0.15, 0.2) is 11.5 Å². The van der Waals surface area contributed by atoms with Crippen molar-refractivity contribution < 1.29 is 28.7 Å². The molecule has 1 fully saturated rings. The average Bonchev–Trinajstić information content (AvgIpc) is 3.48. The lowest BCUT2D eigenvalue weighted by Crippen LogP contribution is -2.36. The van der Waals surface area contributed by atoms with Gasteiger partial charge in [0.2, 0.25) is 18.6 Å². The number of benzene rings is 2. The van der Waals surface area contributed by atoms with Gasteiger partial charge >= 0.3 is 0 Å². The summed E-state index contributed by atoms with van der Waals surface area (Å²) in [7, 11) is 0. The summed E-state index contributed by atoms with van der Waals surface area (Å²) >= 11 is 0. The zero-order valence-corrected chi connectivity index (χ0v) is 17.2. The van der Waals surface area contributed by atoms with Crippen molar-refractivity contribution in [2.24, 2.45) is 5.92 Å². The van der Waals surface area contributed by atoms with Crippen LogP contribution in [0.15, 0.2) is 42.5 Å². The minimum atomic E-state index is -0.376. The number of fused-ring (bicyclic) bond motifs is 2. The smallest absolute Gasteiger partial charge is 0.261 e. The van der Waals surface area contributed by atoms with E-state index in [0.717, 1.165) is 10.6 Å². The summed E-state index contributed by atoms with van der Waals surface area (Å²) < 4.78 is 10.7. The van der Waals surface area contributed by atoms with Crippen molar-refractivity contribution in [2.75, 3.05) is 31.3 Å². The number of ether oxygens (including phenoxy) is 2. The molecule has 9 heteroatoms. The molecule has 0 saturated carbocycles. The standard InChI is InChI=1S/C23H21N3O6/c27-20(7-8-25-22(29)16-3-1-2-4-17(16)23(25)30)24-11-14-9-21(28)26(12-14)15-5-6-18-19(10-15)32-13-31-18/h1-6,10,14H,7-9,11-13H2,(H,24,27). The first-order valence-corrected chi connectivity index (χ1v) is 10.4. The van der Waals surface area contributed by atoms with E-state index in [1.807, 2.05) is 6.07 Å². The summed E-state index contributed by atoms with van der Waals surface area (Å²) in [4.78, 5) is 52.3. The van der Waals surface area contributed by atoms with Crippen molar-refractivity contribution in [2.45, 2.75) is 12.8 Å². The minimum absolute atomic E-state index is 0.0119. The lowest BCUT2D eigenvalue weighted by Gasteiger charge is -2.18. The Balaban J connectivity index is 1.12. The molecule has 9 nitrogen and oxygen atoms in total. The van der Waals surface area contributed by atoms with Gasteiger partial charge in [-0.1, -0.05) is 12.1 Å². The maximum absolute atomic E-state index is 12.5. The van der Waals surface area contributed by atoms with Crippen LogP contribution in [0.25, 0.3) is 0 Å². The monoisotopic (exact) mass is 435 g/mol. The Morgan fingerprint density at radius 3 is 2.47 bits per heavy atom. The van der Waals surface area contributed by atoms with E-state index in [1.165, 1.54) is 0 Å². The van der Waals surface area contributed by atoms with Crippen LogP contribution in [0.3, 0.4) is 0 Å². The van der Waals surface area contributed by atoms with Crippen LogP contribution in [0, 0.1) is 5.92 Å². The molecule has 2 aromatic rings. The van der Waals surface area contributed by atoms with Crippen LogP contribution in [0.4, 0.5) is 5.69 Å². The molecule has 1 N–H and O–H groups in total. The van der Waals surface area contributed by atoms with Gasteiger partial charge in [-0.15, -0.1) is 0 Å². The van der Waals surface area contributed by atoms with Crippen LogP contribution >= 0.6 is 0 Å². The van der Waals surface area contributed by atoms with Crippen molar-refractivity contribution in [3.05, 3.63) is 53.6 Å². The predicted molar refractivity (Wildman–Crippen MR) is 112 cm³/mol. The van der Waals surface area contributed by atoms with Gasteiger partial charge in [0, 0.05) is 50.1 Å². The van der Waals surface area contributed by atoms with E-state index in [0.29, 0.717) is 42.1 Å². The fraction of sp³-hybridized carbons (Fsp3) is 0.304. The van der Waals surface area contributed by atoms with E-state index in [4.69, 9.17) is 9.47 Å². The number of hydrogen-bond acceptors (Lipinski definition) is 6. The molecular formula is C23H21N3O6. The molecule has 1 atom stereocenters. The molecule has 3 heterocycles. The highest BCUT2D eigenvalue weighted by Crippen LogP contribution is 2.37. The number of imide groups is 1. The van der Waals surface area contributed by atoms with Crippen LogP contribution in [0.5, 0.6) is 11.5 Å². The van der Waals surface area contributed by atoms with Crippen LogP contribution in [0.1, 0.15) is 33.6 Å². The highest BCUT2D eigenvalue weighted by Gasteiger charge is 2.35. The van der Waals surface area contributed by atoms with Crippen LogP contribution < -0.4 is 19.7 Å².